The minimum absolute atomic E-state index is 0.00658. The molecule has 0 aliphatic carbocycles. The van der Waals surface area contributed by atoms with Gasteiger partial charge in [-0.3, -0.25) is 96.7 Å². The zero-order chi connectivity index (χ0) is 89.5. The first kappa shape index (κ1) is 92.4. The molecule has 0 aromatic rings. The first-order valence-corrected chi connectivity index (χ1v) is 43.4. The average Bonchev–Trinajstić information content (AvgIpc) is 1.61. The number of amides is 8. The van der Waals surface area contributed by atoms with Crippen molar-refractivity contribution in [2.75, 3.05) is 263 Å². The molecule has 0 bridgehead atoms. The number of likely N-dealkylation sites (tertiary alicyclic amines) is 4. The second kappa shape index (κ2) is 59.8. The van der Waals surface area contributed by atoms with Crippen LogP contribution in [0.4, 0.5) is 0 Å². The van der Waals surface area contributed by atoms with Gasteiger partial charge in [0.25, 0.3) is 0 Å². The van der Waals surface area contributed by atoms with E-state index in [1.807, 2.05) is 0 Å². The normalized spacial score (nSPS) is 22.9. The number of carbonyl (C=O) groups excluding carboxylic acids is 8. The highest BCUT2D eigenvalue weighted by molar-refractivity contribution is 5.83. The van der Waals surface area contributed by atoms with Crippen LogP contribution in [0.3, 0.4) is 0 Å². The second-order valence-corrected chi connectivity index (χ2v) is 32.0. The van der Waals surface area contributed by atoms with E-state index in [0.29, 0.717) is 136 Å². The molecule has 12 N–H and O–H groups in total. The van der Waals surface area contributed by atoms with Gasteiger partial charge in [-0.2, -0.15) is 0 Å². The third-order valence-electron chi connectivity index (χ3n) is 22.4. The number of aliphatic carboxylic acids is 4. The Morgan fingerprint density at radius 2 is 0.658 bits per heavy atom. The zero-order valence-electron chi connectivity index (χ0n) is 76.0. The number of nitrogens with zero attached hydrogens (tertiary/aromatic N) is 12. The summed E-state index contributed by atoms with van der Waals surface area (Å²) in [5.74, 6) is -5.00. The van der Waals surface area contributed by atoms with Gasteiger partial charge in [0.05, 0.1) is 28.4 Å². The van der Waals surface area contributed by atoms with Crippen LogP contribution in [-0.4, -0.2) is 438 Å². The van der Waals surface area contributed by atoms with Crippen LogP contribution >= 0.6 is 0 Å². The van der Waals surface area contributed by atoms with E-state index in [1.54, 1.807) is 4.90 Å². The molecule has 8 aliphatic heterocycles. The molecule has 0 aromatic heterocycles. The van der Waals surface area contributed by atoms with Gasteiger partial charge in [-0.1, -0.05) is 6.92 Å². The van der Waals surface area contributed by atoms with Crippen LogP contribution in [0, 0.1) is 0 Å². The van der Waals surface area contributed by atoms with Gasteiger partial charge in [0.15, 0.2) is 0 Å². The molecule has 670 valence electrons. The Bertz CT molecular complexity index is 3180. The lowest BCUT2D eigenvalue weighted by Crippen LogP contribution is -2.51. The van der Waals surface area contributed by atoms with Crippen LogP contribution < -0.4 is 42.5 Å². The first-order valence-electron chi connectivity index (χ1n) is 45.9. The molecule has 36 heteroatoms. The number of nitrogens with one attached hydrogen (secondary N) is 8. The van der Waals surface area contributed by atoms with Crippen LogP contribution in [0.5, 0.6) is 0 Å². The predicted molar refractivity (Wildman–Crippen MR) is 447 cm³/mol. The molecule has 0 saturated carbocycles. The largest absolute Gasteiger partial charge is 0.481 e. The van der Waals surface area contributed by atoms with Crippen LogP contribution in [-0.2, 0) is 57.5 Å². The smallest absolute Gasteiger partial charge is 0.303 e. The summed E-state index contributed by atoms with van der Waals surface area (Å²) in [5.41, 5.74) is 0. The van der Waals surface area contributed by atoms with E-state index < -0.39 is 48.8 Å². The topological polar surface area (TPSA) is 421 Å². The van der Waals surface area contributed by atoms with Crippen LogP contribution in [0.1, 0.15) is 168 Å². The van der Waals surface area contributed by atoms with E-state index in [0.717, 1.165) is 189 Å². The predicted octanol–water partition coefficient (Wildman–Crippen LogP) is -1.31. The Morgan fingerprint density at radius 1 is 0.333 bits per heavy atom. The van der Waals surface area contributed by atoms with Crippen molar-refractivity contribution in [3.05, 3.63) is 0 Å². The second-order valence-electron chi connectivity index (χ2n) is 32.0. The molecule has 8 rings (SSSR count). The molecule has 8 amide bonds. The van der Waals surface area contributed by atoms with Crippen molar-refractivity contribution in [3.8, 4) is 0 Å². The number of rotatable bonds is 49. The third-order valence-corrected chi connectivity index (χ3v) is 22.4. The Hall–Kier alpha value is -6.84. The maximum Gasteiger partial charge on any atom is 0.303 e. The molecular formula is C81H150N20O16. The molecule has 117 heavy (non-hydrogen) atoms. The maximum atomic E-state index is 12.5. The minimum Gasteiger partial charge on any atom is -0.481 e. The number of piperazine rings is 4. The van der Waals surface area contributed by atoms with Gasteiger partial charge in [0, 0.05) is 263 Å². The summed E-state index contributed by atoms with van der Waals surface area (Å²) in [6.45, 7) is 25.7. The van der Waals surface area contributed by atoms with Gasteiger partial charge < -0.3 is 82.6 Å². The fourth-order valence-electron chi connectivity index (χ4n) is 15.1. The maximum absolute atomic E-state index is 12.5. The molecule has 8 fully saturated rings. The number of carbonyl (C=O) groups is 12. The quantitative estimate of drug-likeness (QED) is 0.0315. The van der Waals surface area contributed by atoms with E-state index in [2.05, 4.69) is 120 Å². The molecule has 4 unspecified atom stereocenters. The average molecular weight is 1670 g/mol. The molecule has 4 atom stereocenters. The number of likely N-dealkylation sites (N-methyl/N-ethyl adjacent to an activating group) is 4. The number of carboxylic acids is 4. The summed E-state index contributed by atoms with van der Waals surface area (Å²) in [7, 11) is 6.31. The molecule has 0 radical (unpaired) electrons. The van der Waals surface area contributed by atoms with Crippen molar-refractivity contribution in [3.63, 3.8) is 0 Å². The SMILES string of the molecule is CCN1CCN(CC2CCCN2CC(=O)NCCCC(=O)NCCCC(=O)O)CC1.CN1CCN(CCN2CCCC2C(=O)NCCCC(=O)NCCCC(=O)O)CC1.[2H]C([2H])(C(=O)NCCCC(=O)NCCCC(=O)O)N1CCCC1CN1CCN(C)CC1.[2H]C1([2H])CCC([2H])(CN2CCN(C)CC2)N1CC(=O)NCCCC(=O)NCCCC(=O)O. The molecule has 8 aliphatic rings. The first-order chi connectivity index (χ1) is 58.1. The summed E-state index contributed by atoms with van der Waals surface area (Å²) in [6, 6.07) is -0.708. The Labute approximate surface area is 703 Å². The fourth-order valence-corrected chi connectivity index (χ4v) is 15.1. The summed E-state index contributed by atoms with van der Waals surface area (Å²) in [5, 5.41) is 56.2. The lowest BCUT2D eigenvalue weighted by atomic mass is 10.2. The van der Waals surface area contributed by atoms with Crippen molar-refractivity contribution in [1.29, 1.82) is 0 Å². The lowest BCUT2D eigenvalue weighted by molar-refractivity contribution is -0.138. The monoisotopic (exact) mass is 1660 g/mol. The summed E-state index contributed by atoms with van der Waals surface area (Å²) < 4.78 is 42.3. The summed E-state index contributed by atoms with van der Waals surface area (Å²) >= 11 is 0. The van der Waals surface area contributed by atoms with Gasteiger partial charge in [-0.25, -0.2) is 0 Å². The third kappa shape index (κ3) is 46.5. The molecule has 0 spiro atoms. The standard InChI is InChI=1S/C21H39N5O4.3C20H37N5O4/c1-2-24-12-14-25(15-13-24)16-18-6-5-11-26(18)17-20(28)23-9-3-7-19(27)22-10-4-8-21(29)30;1-23-11-13-24(14-12-23)15-16-25-10-4-5-17(25)20(29)22-9-2-6-18(26)21-8-3-7-19(27)28;2*1-23-11-13-24(14-12-23)15-17-5-4-10-25(17)16-19(27)22-8-2-6-18(26)21-9-3-7-20(28)29/h18H,2-17H2,1H3,(H,22,27)(H,23,28)(H,29,30);17H,2-16H2,1H3,(H,21,26)(H,22,29)(H,27,28);2*17H,2-16H2,1H3,(H,21,26)(H,22,27)(H,28,29)/i;;10D2,17D;16D2. The van der Waals surface area contributed by atoms with Crippen molar-refractivity contribution < 1.29 is 84.8 Å². The van der Waals surface area contributed by atoms with Gasteiger partial charge in [-0.05, 0) is 157 Å². The molecule has 8 heterocycles. The van der Waals surface area contributed by atoms with Gasteiger partial charge in [0.1, 0.15) is 0 Å². The van der Waals surface area contributed by atoms with Crippen molar-refractivity contribution in [2.24, 2.45) is 0 Å². The lowest BCUT2D eigenvalue weighted by Gasteiger charge is -2.37. The van der Waals surface area contributed by atoms with Gasteiger partial charge >= 0.3 is 23.9 Å². The Kier molecular flexibility index (Phi) is 47.2. The number of hydrogen-bond acceptors (Lipinski definition) is 24. The van der Waals surface area contributed by atoms with E-state index in [-0.39, 0.29) is 118 Å². The molecule has 36 nitrogen and oxygen atoms in total. The van der Waals surface area contributed by atoms with Crippen LogP contribution in [0.15, 0.2) is 0 Å². The Morgan fingerprint density at radius 3 is 1.08 bits per heavy atom. The van der Waals surface area contributed by atoms with E-state index in [4.69, 9.17) is 27.3 Å². The van der Waals surface area contributed by atoms with Crippen LogP contribution in [0.25, 0.3) is 0 Å². The van der Waals surface area contributed by atoms with Crippen LogP contribution in [0.2, 0.25) is 0 Å². The van der Waals surface area contributed by atoms with E-state index in [9.17, 15) is 57.5 Å². The summed E-state index contributed by atoms with van der Waals surface area (Å²) in [6.07, 6.45) is 11.5. The molecule has 8 saturated heterocycles. The fraction of sp³-hybridized carbons (Fsp3) is 0.852. The van der Waals surface area contributed by atoms with Crippen molar-refractivity contribution in [1.82, 2.24) is 101 Å². The zero-order valence-corrected chi connectivity index (χ0v) is 71.0. The van der Waals surface area contributed by atoms with E-state index in [1.165, 1.54) is 4.90 Å². The highest BCUT2D eigenvalue weighted by atomic mass is 16.4. The highest BCUT2D eigenvalue weighted by Crippen LogP contribution is 2.23. The Balaban J connectivity index is 0.000000289. The minimum atomic E-state index is -2.08. The molecular weight excluding hydrogens is 1510 g/mol. The highest BCUT2D eigenvalue weighted by Gasteiger charge is 2.34. The van der Waals surface area contributed by atoms with Crippen molar-refractivity contribution >= 4 is 71.1 Å². The van der Waals surface area contributed by atoms with E-state index >= 15 is 0 Å². The van der Waals surface area contributed by atoms with Crippen molar-refractivity contribution in [2.45, 2.75) is 185 Å². The van der Waals surface area contributed by atoms with Gasteiger partial charge in [0.2, 0.25) is 47.3 Å². The number of carboxylic acid groups (broad SMARTS) is 4. The number of hydrogen-bond donors (Lipinski definition) is 12. The van der Waals surface area contributed by atoms with Gasteiger partial charge in [-0.15, -0.1) is 0 Å². The summed E-state index contributed by atoms with van der Waals surface area (Å²) in [4.78, 5) is 165. The molecule has 0 aromatic carbocycles.